The summed E-state index contributed by atoms with van der Waals surface area (Å²) in [6, 6.07) is 5.05. The van der Waals surface area contributed by atoms with Gasteiger partial charge in [0.15, 0.2) is 0 Å². The van der Waals surface area contributed by atoms with Gasteiger partial charge in [-0.1, -0.05) is 35.8 Å². The Kier molecular flexibility index (Phi) is 6.89. The summed E-state index contributed by atoms with van der Waals surface area (Å²) < 4.78 is 31.0. The van der Waals surface area contributed by atoms with Crippen LogP contribution in [0.5, 0.6) is 11.5 Å². The third-order valence-electron chi connectivity index (χ3n) is 5.02. The Hall–Kier alpha value is -1.90. The number of aryl methyl sites for hydroxylation is 1. The van der Waals surface area contributed by atoms with Gasteiger partial charge in [0.25, 0.3) is 0 Å². The molecule has 1 heterocycles. The molecule has 0 fully saturated rings. The predicted molar refractivity (Wildman–Crippen MR) is 117 cm³/mol. The second-order valence-electron chi connectivity index (χ2n) is 7.57. The molecule has 2 aromatic carbocycles. The fourth-order valence-corrected chi connectivity index (χ4v) is 5.64. The molecule has 0 aromatic heterocycles. The van der Waals surface area contributed by atoms with Crippen molar-refractivity contribution in [1.29, 1.82) is 0 Å². The molecule has 30 heavy (non-hydrogen) atoms. The van der Waals surface area contributed by atoms with Crippen molar-refractivity contribution in [2.75, 3.05) is 14.2 Å². The Morgan fingerprint density at radius 2 is 1.97 bits per heavy atom. The van der Waals surface area contributed by atoms with Crippen molar-refractivity contribution in [1.82, 2.24) is 0 Å². The zero-order valence-electron chi connectivity index (χ0n) is 17.6. The molecule has 1 N–H and O–H groups in total. The molecule has 0 aliphatic carbocycles. The molecule has 8 heteroatoms. The maximum absolute atomic E-state index is 13.7. The van der Waals surface area contributed by atoms with Crippen LogP contribution >= 0.6 is 15.9 Å². The first-order chi connectivity index (χ1) is 14.2. The number of cyclic esters (lactones) is 1. The van der Waals surface area contributed by atoms with Gasteiger partial charge in [0.2, 0.25) is 0 Å². The number of methoxy groups -OCH3 is 2. The van der Waals surface area contributed by atoms with Gasteiger partial charge in [-0.15, -0.1) is 0 Å². The Morgan fingerprint density at radius 1 is 1.27 bits per heavy atom. The van der Waals surface area contributed by atoms with Crippen LogP contribution in [0.25, 0.3) is 0 Å². The third-order valence-corrected chi connectivity index (χ3v) is 7.68. The Morgan fingerprint density at radius 3 is 2.57 bits per heavy atom. The molecule has 2 atom stereocenters. The number of esters is 1. The van der Waals surface area contributed by atoms with E-state index in [1.54, 1.807) is 18.2 Å². The van der Waals surface area contributed by atoms with Gasteiger partial charge in [0.05, 0.1) is 40.9 Å². The van der Waals surface area contributed by atoms with E-state index in [-0.39, 0.29) is 28.7 Å². The molecule has 0 spiro atoms. The minimum absolute atomic E-state index is 0.0695. The van der Waals surface area contributed by atoms with Crippen molar-refractivity contribution < 1.29 is 28.3 Å². The van der Waals surface area contributed by atoms with Crippen LogP contribution in [0.3, 0.4) is 0 Å². The van der Waals surface area contributed by atoms with Crippen LogP contribution in [0.1, 0.15) is 53.4 Å². The molecule has 1 aliphatic rings. The largest absolute Gasteiger partial charge is 0.495 e. The second-order valence-corrected chi connectivity index (χ2v) is 9.75. The van der Waals surface area contributed by atoms with Gasteiger partial charge in [0, 0.05) is 15.6 Å². The van der Waals surface area contributed by atoms with E-state index < -0.39 is 22.9 Å². The maximum atomic E-state index is 13.7. The number of carbonyl (C=O) groups excluding carboxylic acids is 1. The van der Waals surface area contributed by atoms with Gasteiger partial charge in [-0.2, -0.15) is 0 Å². The summed E-state index contributed by atoms with van der Waals surface area (Å²) in [5.41, 5.74) is 2.02. The minimum Gasteiger partial charge on any atom is -0.495 e. The molecule has 0 saturated carbocycles. The van der Waals surface area contributed by atoms with Crippen LogP contribution in [-0.4, -0.2) is 29.5 Å². The van der Waals surface area contributed by atoms with Gasteiger partial charge in [-0.05, 0) is 37.0 Å². The molecule has 6 nitrogen and oxygen atoms in total. The number of aliphatic hydroxyl groups is 1. The van der Waals surface area contributed by atoms with Crippen molar-refractivity contribution in [3.63, 3.8) is 0 Å². The van der Waals surface area contributed by atoms with E-state index in [0.717, 1.165) is 10.0 Å². The summed E-state index contributed by atoms with van der Waals surface area (Å²) in [5.74, 6) is 0.236. The van der Waals surface area contributed by atoms with Gasteiger partial charge in [-0.3, -0.25) is 0 Å². The van der Waals surface area contributed by atoms with E-state index in [1.165, 1.54) is 14.2 Å². The fraction of sp³-hybridized carbons (Fsp3) is 0.409. The summed E-state index contributed by atoms with van der Waals surface area (Å²) in [7, 11) is 1.20. The quantitative estimate of drug-likeness (QED) is 0.604. The number of carbonyl (C=O) groups is 1. The van der Waals surface area contributed by atoms with Crippen molar-refractivity contribution in [3.8, 4) is 11.5 Å². The monoisotopic (exact) mass is 496 g/mol. The van der Waals surface area contributed by atoms with Crippen molar-refractivity contribution in [2.45, 2.75) is 49.7 Å². The highest BCUT2D eigenvalue weighted by Gasteiger charge is 2.33. The average molecular weight is 497 g/mol. The first kappa shape index (κ1) is 22.8. The van der Waals surface area contributed by atoms with E-state index >= 15 is 0 Å². The van der Waals surface area contributed by atoms with Crippen LogP contribution < -0.4 is 9.47 Å². The van der Waals surface area contributed by atoms with E-state index in [2.05, 4.69) is 15.9 Å². The molecule has 0 radical (unpaired) electrons. The molecule has 3 rings (SSSR count). The topological polar surface area (TPSA) is 82.1 Å². The highest BCUT2D eigenvalue weighted by Crippen LogP contribution is 2.43. The van der Waals surface area contributed by atoms with E-state index in [1.807, 2.05) is 20.8 Å². The first-order valence-electron chi connectivity index (χ1n) is 9.55. The lowest BCUT2D eigenvalue weighted by atomic mass is 9.97. The minimum atomic E-state index is -1.73. The zero-order valence-corrected chi connectivity index (χ0v) is 20.0. The van der Waals surface area contributed by atoms with Crippen LogP contribution in [0.2, 0.25) is 0 Å². The van der Waals surface area contributed by atoms with Crippen LogP contribution in [-0.2, 0) is 22.1 Å². The van der Waals surface area contributed by atoms with E-state index in [9.17, 15) is 14.1 Å². The molecule has 0 amide bonds. The molecule has 2 unspecified atom stereocenters. The van der Waals surface area contributed by atoms with Crippen LogP contribution in [0.15, 0.2) is 32.5 Å². The van der Waals surface area contributed by atoms with Gasteiger partial charge in [-0.25, -0.2) is 9.00 Å². The fourth-order valence-electron chi connectivity index (χ4n) is 3.60. The van der Waals surface area contributed by atoms with Gasteiger partial charge >= 0.3 is 5.97 Å². The van der Waals surface area contributed by atoms with Crippen LogP contribution in [0.4, 0.5) is 0 Å². The SMILES string of the molecule is COc1cc(C)c(Br)c2c1S(=O)c1ccc(C(O)CC(C)C)c(OC)c1C(=O)OC2. The van der Waals surface area contributed by atoms with Crippen molar-refractivity contribution in [3.05, 3.63) is 44.9 Å². The maximum Gasteiger partial charge on any atom is 0.343 e. The summed E-state index contributed by atoms with van der Waals surface area (Å²) in [6.07, 6.45) is -0.327. The summed E-state index contributed by atoms with van der Waals surface area (Å²) in [5, 5.41) is 10.7. The second kappa shape index (κ2) is 9.08. The molecule has 162 valence electrons. The van der Waals surface area contributed by atoms with Gasteiger partial charge in [0.1, 0.15) is 23.7 Å². The normalized spacial score (nSPS) is 16.8. The molecule has 1 aliphatic heterocycles. The summed E-state index contributed by atoms with van der Waals surface area (Å²) in [4.78, 5) is 13.7. The zero-order chi connectivity index (χ0) is 22.2. The Labute approximate surface area is 187 Å². The Bertz CT molecular complexity index is 1020. The molecular formula is C22H25BrO6S. The summed E-state index contributed by atoms with van der Waals surface area (Å²) in [6.45, 7) is 5.81. The van der Waals surface area contributed by atoms with Gasteiger partial charge < -0.3 is 19.3 Å². The number of aliphatic hydroxyl groups excluding tert-OH is 1. The van der Waals surface area contributed by atoms with Crippen molar-refractivity contribution in [2.24, 2.45) is 5.92 Å². The lowest BCUT2D eigenvalue weighted by molar-refractivity contribution is 0.0457. The lowest BCUT2D eigenvalue weighted by Gasteiger charge is -2.24. The van der Waals surface area contributed by atoms with E-state index in [0.29, 0.717) is 28.2 Å². The van der Waals surface area contributed by atoms with Crippen molar-refractivity contribution >= 4 is 32.7 Å². The number of ether oxygens (including phenoxy) is 3. The number of hydrogen-bond acceptors (Lipinski definition) is 6. The predicted octanol–water partition coefficient (Wildman–Crippen LogP) is 4.69. The highest BCUT2D eigenvalue weighted by atomic mass is 79.9. The summed E-state index contributed by atoms with van der Waals surface area (Å²) >= 11 is 3.52. The molecular weight excluding hydrogens is 472 g/mol. The Balaban J connectivity index is 2.27. The molecule has 2 aromatic rings. The number of fused-ring (bicyclic) bond motifs is 2. The van der Waals surface area contributed by atoms with E-state index in [4.69, 9.17) is 14.2 Å². The number of hydrogen-bond donors (Lipinski definition) is 1. The molecule has 0 bridgehead atoms. The number of rotatable bonds is 5. The lowest BCUT2D eigenvalue weighted by Crippen LogP contribution is -2.18. The number of benzene rings is 2. The third kappa shape index (κ3) is 4.00. The first-order valence-corrected chi connectivity index (χ1v) is 11.5. The van der Waals surface area contributed by atoms with Crippen LogP contribution in [0, 0.1) is 12.8 Å². The highest BCUT2D eigenvalue weighted by molar-refractivity contribution is 9.10. The molecule has 0 saturated heterocycles. The average Bonchev–Trinajstić information content (AvgIpc) is 2.71. The standard InChI is InChI=1S/C22H25BrO6S/c1-11(2)8-15(24)13-6-7-17-18(20(13)28-5)22(25)29-10-14-19(23)12(3)9-16(27-4)21(14)30(17)26/h6-7,9,11,15,24H,8,10H2,1-5H3. The smallest absolute Gasteiger partial charge is 0.343 e. The number of halogens is 1.